The summed E-state index contributed by atoms with van der Waals surface area (Å²) < 4.78 is 6.08. The van der Waals surface area contributed by atoms with Crippen LogP contribution < -0.4 is 0 Å². The van der Waals surface area contributed by atoms with Gasteiger partial charge in [-0.1, -0.05) is 41.6 Å². The number of carbonyl (C=O) groups excluding carboxylic acids is 3. The summed E-state index contributed by atoms with van der Waals surface area (Å²) >= 11 is 0. The third kappa shape index (κ3) is 2.41. The molecule has 0 radical (unpaired) electrons. The summed E-state index contributed by atoms with van der Waals surface area (Å²) in [7, 11) is 1.32. The first-order valence-corrected chi connectivity index (χ1v) is 7.89. The Labute approximate surface area is 148 Å². The number of esters is 1. The van der Waals surface area contributed by atoms with E-state index in [2.05, 4.69) is 15.0 Å². The molecule has 0 saturated carbocycles. The summed E-state index contributed by atoms with van der Waals surface area (Å²) in [5, 5.41) is 7.89. The molecule has 0 bridgehead atoms. The monoisotopic (exact) mass is 347 g/mol. The van der Waals surface area contributed by atoms with Gasteiger partial charge in [0.2, 0.25) is 11.6 Å². The molecule has 1 heterocycles. The fraction of sp³-hybridized carbons (Fsp3) is 0.105. The molecule has 0 N–H and O–H groups in total. The van der Waals surface area contributed by atoms with E-state index in [9.17, 15) is 14.4 Å². The Balaban J connectivity index is 1.68. The number of ketones is 2. The largest absolute Gasteiger partial charge is 0.465 e. The number of hydrogen-bond donors (Lipinski definition) is 0. The first kappa shape index (κ1) is 15.9. The van der Waals surface area contributed by atoms with E-state index in [0.717, 1.165) is 5.56 Å². The van der Waals surface area contributed by atoms with E-state index in [4.69, 9.17) is 0 Å². The van der Waals surface area contributed by atoms with Crippen LogP contribution in [0.25, 0.3) is 0 Å². The smallest absolute Gasteiger partial charge is 0.337 e. The topological polar surface area (TPSA) is 91.2 Å². The highest BCUT2D eigenvalue weighted by molar-refractivity contribution is 6.26. The summed E-state index contributed by atoms with van der Waals surface area (Å²) in [6, 6.07) is 13.4. The lowest BCUT2D eigenvalue weighted by Gasteiger charge is -2.14. The Morgan fingerprint density at radius 2 is 1.65 bits per heavy atom. The van der Waals surface area contributed by atoms with Crippen molar-refractivity contribution in [1.29, 1.82) is 0 Å². The first-order valence-electron chi connectivity index (χ1n) is 7.89. The van der Waals surface area contributed by atoms with Crippen LogP contribution in [0.5, 0.6) is 0 Å². The Kier molecular flexibility index (Phi) is 3.69. The van der Waals surface area contributed by atoms with Crippen LogP contribution in [-0.4, -0.2) is 39.6 Å². The van der Waals surface area contributed by atoms with Gasteiger partial charge in [0.1, 0.15) is 5.69 Å². The molecule has 26 heavy (non-hydrogen) atoms. The van der Waals surface area contributed by atoms with Crippen molar-refractivity contribution >= 4 is 17.5 Å². The number of fused-ring (bicyclic) bond motifs is 2. The number of hydrogen-bond acceptors (Lipinski definition) is 6. The Morgan fingerprint density at radius 3 is 2.31 bits per heavy atom. The average molecular weight is 347 g/mol. The molecular weight excluding hydrogens is 334 g/mol. The minimum Gasteiger partial charge on any atom is -0.465 e. The molecule has 1 aromatic heterocycles. The van der Waals surface area contributed by atoms with Crippen LogP contribution in [0.4, 0.5) is 0 Å². The van der Waals surface area contributed by atoms with Gasteiger partial charge in [0, 0.05) is 11.1 Å². The zero-order chi connectivity index (χ0) is 18.3. The lowest BCUT2D eigenvalue weighted by atomic mass is 9.90. The molecule has 4 rings (SSSR count). The van der Waals surface area contributed by atoms with E-state index in [1.165, 1.54) is 11.8 Å². The van der Waals surface area contributed by atoms with Gasteiger partial charge < -0.3 is 4.74 Å². The van der Waals surface area contributed by atoms with Crippen molar-refractivity contribution in [3.63, 3.8) is 0 Å². The van der Waals surface area contributed by atoms with Crippen LogP contribution in [0.3, 0.4) is 0 Å². The maximum absolute atomic E-state index is 12.8. The summed E-state index contributed by atoms with van der Waals surface area (Å²) in [6.45, 7) is 0.255. The first-order chi connectivity index (χ1) is 12.6. The van der Waals surface area contributed by atoms with Crippen molar-refractivity contribution in [3.05, 3.63) is 82.2 Å². The fourth-order valence-corrected chi connectivity index (χ4v) is 2.97. The number of ether oxygens (including phenoxy) is 1. The van der Waals surface area contributed by atoms with Crippen LogP contribution in [0, 0.1) is 0 Å². The van der Waals surface area contributed by atoms with Crippen LogP contribution in [-0.2, 0) is 11.3 Å². The summed E-state index contributed by atoms with van der Waals surface area (Å²) in [4.78, 5) is 36.8. The standard InChI is InChI=1S/C19H13N3O4/c1-26-19(25)12-8-6-11(7-9-12)10-22-16-15(20-21-22)17(23)13-4-2-3-5-14(13)18(16)24/h2-9H,10H2,1H3. The molecule has 7 nitrogen and oxygen atoms in total. The number of nitrogens with zero attached hydrogens (tertiary/aromatic N) is 3. The van der Waals surface area contributed by atoms with E-state index in [0.29, 0.717) is 16.7 Å². The molecule has 2 aromatic carbocycles. The molecule has 7 heteroatoms. The van der Waals surface area contributed by atoms with Crippen LogP contribution in [0.1, 0.15) is 48.0 Å². The predicted molar refractivity (Wildman–Crippen MR) is 90.2 cm³/mol. The molecule has 0 unspecified atom stereocenters. The number of benzene rings is 2. The van der Waals surface area contributed by atoms with E-state index in [1.54, 1.807) is 48.5 Å². The fourth-order valence-electron chi connectivity index (χ4n) is 2.97. The van der Waals surface area contributed by atoms with E-state index < -0.39 is 5.97 Å². The number of carbonyl (C=O) groups is 3. The summed E-state index contributed by atoms with van der Waals surface area (Å²) in [5.74, 6) is -0.999. The summed E-state index contributed by atoms with van der Waals surface area (Å²) in [5.41, 5.74) is 2.20. The minimum atomic E-state index is -0.424. The number of rotatable bonds is 3. The van der Waals surface area contributed by atoms with Crippen molar-refractivity contribution in [2.24, 2.45) is 0 Å². The molecule has 1 aliphatic rings. The van der Waals surface area contributed by atoms with Gasteiger partial charge in [0.25, 0.3) is 0 Å². The SMILES string of the molecule is COC(=O)c1ccc(Cn2nnc3c2C(=O)c2ccccc2C3=O)cc1. The second-order valence-electron chi connectivity index (χ2n) is 5.84. The highest BCUT2D eigenvalue weighted by atomic mass is 16.5. The van der Waals surface area contributed by atoms with Crippen LogP contribution >= 0.6 is 0 Å². The molecular formula is C19H13N3O4. The second-order valence-corrected chi connectivity index (χ2v) is 5.84. The van der Waals surface area contributed by atoms with E-state index in [1.807, 2.05) is 0 Å². The Bertz CT molecular complexity index is 1050. The van der Waals surface area contributed by atoms with Gasteiger partial charge in [0.15, 0.2) is 5.69 Å². The van der Waals surface area contributed by atoms with Gasteiger partial charge in [-0.15, -0.1) is 5.10 Å². The van der Waals surface area contributed by atoms with Gasteiger partial charge in [-0.3, -0.25) is 9.59 Å². The molecule has 0 atom stereocenters. The molecule has 128 valence electrons. The minimum absolute atomic E-state index is 0.0693. The van der Waals surface area contributed by atoms with Crippen LogP contribution in [0.15, 0.2) is 48.5 Å². The van der Waals surface area contributed by atoms with Crippen molar-refractivity contribution in [2.45, 2.75) is 6.54 Å². The maximum Gasteiger partial charge on any atom is 0.337 e. The van der Waals surface area contributed by atoms with Crippen molar-refractivity contribution in [3.8, 4) is 0 Å². The van der Waals surface area contributed by atoms with Gasteiger partial charge in [-0.25, -0.2) is 9.48 Å². The lowest BCUT2D eigenvalue weighted by molar-refractivity contribution is 0.0600. The molecule has 0 spiro atoms. The zero-order valence-electron chi connectivity index (χ0n) is 13.8. The summed E-state index contributed by atoms with van der Waals surface area (Å²) in [6.07, 6.45) is 0. The lowest BCUT2D eigenvalue weighted by Crippen LogP contribution is -2.23. The average Bonchev–Trinajstić information content (AvgIpc) is 3.10. The number of aromatic nitrogens is 3. The predicted octanol–water partition coefficient (Wildman–Crippen LogP) is 1.89. The van der Waals surface area contributed by atoms with Gasteiger partial charge in [-0.05, 0) is 17.7 Å². The molecule has 0 fully saturated rings. The number of methoxy groups -OCH3 is 1. The highest BCUT2D eigenvalue weighted by Gasteiger charge is 2.34. The molecule has 0 saturated heterocycles. The molecule has 3 aromatic rings. The third-order valence-corrected chi connectivity index (χ3v) is 4.29. The van der Waals surface area contributed by atoms with Crippen LogP contribution in [0.2, 0.25) is 0 Å². The van der Waals surface area contributed by atoms with Crippen molar-refractivity contribution in [2.75, 3.05) is 7.11 Å². The maximum atomic E-state index is 12.8. The highest BCUT2D eigenvalue weighted by Crippen LogP contribution is 2.26. The van der Waals surface area contributed by atoms with Gasteiger partial charge in [0.05, 0.1) is 19.2 Å². The van der Waals surface area contributed by atoms with Gasteiger partial charge in [-0.2, -0.15) is 0 Å². The third-order valence-electron chi connectivity index (χ3n) is 4.29. The Hall–Kier alpha value is -3.61. The normalized spacial score (nSPS) is 12.5. The molecule has 1 aliphatic carbocycles. The van der Waals surface area contributed by atoms with E-state index in [-0.39, 0.29) is 29.5 Å². The Morgan fingerprint density at radius 1 is 1.00 bits per heavy atom. The quantitative estimate of drug-likeness (QED) is 0.526. The second kappa shape index (κ2) is 6.03. The molecule has 0 aliphatic heterocycles. The van der Waals surface area contributed by atoms with E-state index >= 15 is 0 Å². The van der Waals surface area contributed by atoms with Crippen molar-refractivity contribution in [1.82, 2.24) is 15.0 Å². The zero-order valence-corrected chi connectivity index (χ0v) is 13.8. The molecule has 0 amide bonds. The van der Waals surface area contributed by atoms with Gasteiger partial charge >= 0.3 is 5.97 Å². The van der Waals surface area contributed by atoms with Crippen molar-refractivity contribution < 1.29 is 19.1 Å².